The van der Waals surface area contributed by atoms with E-state index in [-0.39, 0.29) is 5.02 Å². The van der Waals surface area contributed by atoms with Crippen molar-refractivity contribution in [1.82, 2.24) is 5.32 Å². The van der Waals surface area contributed by atoms with Crippen molar-refractivity contribution in [2.45, 2.75) is 6.54 Å². The average Bonchev–Trinajstić information content (AvgIpc) is 2.45. The fourth-order valence-electron chi connectivity index (χ4n) is 1.73. The molecule has 0 heterocycles. The van der Waals surface area contributed by atoms with Gasteiger partial charge in [0.15, 0.2) is 0 Å². The average molecular weight is 291 g/mol. The summed E-state index contributed by atoms with van der Waals surface area (Å²) >= 11 is 5.61. The van der Waals surface area contributed by atoms with Gasteiger partial charge in [-0.3, -0.25) is 0 Å². The third kappa shape index (κ3) is 3.27. The molecule has 20 heavy (non-hydrogen) atoms. The van der Waals surface area contributed by atoms with Crippen molar-refractivity contribution in [1.29, 1.82) is 5.26 Å². The largest absolute Gasteiger partial charge is 0.456 e. The Labute approximate surface area is 121 Å². The van der Waals surface area contributed by atoms with Gasteiger partial charge in [0.2, 0.25) is 0 Å². The van der Waals surface area contributed by atoms with Crippen molar-refractivity contribution in [3.63, 3.8) is 0 Å². The predicted octanol–water partition coefficient (Wildman–Crippen LogP) is 3.86. The van der Waals surface area contributed by atoms with Gasteiger partial charge in [-0.25, -0.2) is 4.39 Å². The molecule has 0 unspecified atom stereocenters. The van der Waals surface area contributed by atoms with Gasteiger partial charge in [-0.1, -0.05) is 17.7 Å². The number of rotatable bonds is 4. The van der Waals surface area contributed by atoms with E-state index in [0.29, 0.717) is 23.6 Å². The maximum atomic E-state index is 13.3. The topological polar surface area (TPSA) is 45.0 Å². The van der Waals surface area contributed by atoms with Gasteiger partial charge in [0.25, 0.3) is 0 Å². The van der Waals surface area contributed by atoms with Crippen LogP contribution in [0.3, 0.4) is 0 Å². The maximum Gasteiger partial charge on any atom is 0.145 e. The molecule has 5 heteroatoms. The van der Waals surface area contributed by atoms with Crippen molar-refractivity contribution in [3.8, 4) is 17.6 Å². The third-order valence-electron chi connectivity index (χ3n) is 2.66. The lowest BCUT2D eigenvalue weighted by atomic mass is 10.1. The second-order valence-electron chi connectivity index (χ2n) is 4.15. The van der Waals surface area contributed by atoms with Gasteiger partial charge >= 0.3 is 0 Å². The molecule has 0 atom stereocenters. The molecule has 2 aromatic rings. The summed E-state index contributed by atoms with van der Waals surface area (Å²) in [6.45, 7) is 0.657. The Morgan fingerprint density at radius 3 is 2.75 bits per heavy atom. The zero-order chi connectivity index (χ0) is 14.5. The summed E-state index contributed by atoms with van der Waals surface area (Å²) in [6.07, 6.45) is 0. The number of halogens is 2. The summed E-state index contributed by atoms with van der Waals surface area (Å²) in [5, 5.41) is 12.2. The van der Waals surface area contributed by atoms with Gasteiger partial charge in [-0.05, 0) is 36.9 Å². The van der Waals surface area contributed by atoms with Crippen molar-refractivity contribution in [3.05, 3.63) is 58.4 Å². The highest BCUT2D eigenvalue weighted by Crippen LogP contribution is 2.28. The van der Waals surface area contributed by atoms with Gasteiger partial charge in [0.1, 0.15) is 23.4 Å². The highest BCUT2D eigenvalue weighted by molar-refractivity contribution is 6.30. The van der Waals surface area contributed by atoms with Crippen LogP contribution in [0.5, 0.6) is 11.5 Å². The van der Waals surface area contributed by atoms with Crippen LogP contribution in [-0.2, 0) is 6.54 Å². The Balaban J connectivity index is 2.28. The first-order valence-corrected chi connectivity index (χ1v) is 6.32. The first-order chi connectivity index (χ1) is 9.63. The molecule has 0 saturated heterocycles. The third-order valence-corrected chi connectivity index (χ3v) is 2.97. The van der Waals surface area contributed by atoms with Crippen LogP contribution in [-0.4, -0.2) is 7.05 Å². The Kier molecular flexibility index (Phi) is 4.57. The summed E-state index contributed by atoms with van der Waals surface area (Å²) < 4.78 is 18.9. The number of ether oxygens (including phenoxy) is 1. The number of hydrogen-bond acceptors (Lipinski definition) is 3. The molecular formula is C15H12ClFN2O. The summed E-state index contributed by atoms with van der Waals surface area (Å²) in [5.74, 6) is 0.119. The molecule has 0 bridgehead atoms. The molecule has 1 N–H and O–H groups in total. The molecule has 2 rings (SSSR count). The Morgan fingerprint density at radius 1 is 1.30 bits per heavy atom. The van der Waals surface area contributed by atoms with E-state index in [4.69, 9.17) is 21.6 Å². The van der Waals surface area contributed by atoms with Crippen LogP contribution in [0.2, 0.25) is 5.02 Å². The normalized spacial score (nSPS) is 10.1. The molecule has 0 fully saturated rings. The van der Waals surface area contributed by atoms with Crippen molar-refractivity contribution < 1.29 is 9.13 Å². The minimum Gasteiger partial charge on any atom is -0.456 e. The Hall–Kier alpha value is -2.09. The van der Waals surface area contributed by atoms with Crippen molar-refractivity contribution in [2.75, 3.05) is 7.05 Å². The second-order valence-corrected chi connectivity index (χ2v) is 4.56. The summed E-state index contributed by atoms with van der Waals surface area (Å²) in [4.78, 5) is 0. The van der Waals surface area contributed by atoms with E-state index >= 15 is 0 Å². The molecule has 0 spiro atoms. The molecule has 102 valence electrons. The molecule has 3 nitrogen and oxygen atoms in total. The summed E-state index contributed by atoms with van der Waals surface area (Å²) in [6, 6.07) is 11.5. The van der Waals surface area contributed by atoms with Crippen LogP contribution < -0.4 is 10.1 Å². The van der Waals surface area contributed by atoms with E-state index in [0.717, 1.165) is 5.56 Å². The Morgan fingerprint density at radius 2 is 2.10 bits per heavy atom. The highest BCUT2D eigenvalue weighted by Gasteiger charge is 2.08. The van der Waals surface area contributed by atoms with E-state index in [2.05, 4.69) is 11.4 Å². The molecule has 0 aliphatic heterocycles. The van der Waals surface area contributed by atoms with E-state index in [1.165, 1.54) is 12.1 Å². The lowest BCUT2D eigenvalue weighted by Gasteiger charge is -2.09. The van der Waals surface area contributed by atoms with Crippen LogP contribution >= 0.6 is 11.6 Å². The van der Waals surface area contributed by atoms with Crippen molar-refractivity contribution in [2.24, 2.45) is 0 Å². The van der Waals surface area contributed by atoms with Gasteiger partial charge < -0.3 is 10.1 Å². The maximum absolute atomic E-state index is 13.3. The van der Waals surface area contributed by atoms with Gasteiger partial charge in [0, 0.05) is 12.6 Å². The fraction of sp³-hybridized carbons (Fsp3) is 0.133. The number of nitrogens with one attached hydrogen (secondary N) is 1. The Bertz CT molecular complexity index is 667. The number of benzene rings is 2. The quantitative estimate of drug-likeness (QED) is 0.930. The molecule has 0 aromatic heterocycles. The van der Waals surface area contributed by atoms with E-state index < -0.39 is 5.82 Å². The second kappa shape index (κ2) is 6.38. The monoisotopic (exact) mass is 290 g/mol. The van der Waals surface area contributed by atoms with E-state index in [1.807, 2.05) is 13.1 Å². The van der Waals surface area contributed by atoms with Crippen LogP contribution in [0.15, 0.2) is 36.4 Å². The number of nitrogens with zero attached hydrogens (tertiary/aromatic N) is 1. The molecule has 2 aromatic carbocycles. The minimum absolute atomic E-state index is 0.0298. The molecule has 0 saturated carbocycles. The standard InChI is InChI=1S/C15H12ClFN2O/c1-19-9-10-2-5-15(11(6-10)8-18)20-12-3-4-13(16)14(17)7-12/h2-7,19H,9H2,1H3. The van der Waals surface area contributed by atoms with Crippen LogP contribution in [0, 0.1) is 17.1 Å². The van der Waals surface area contributed by atoms with Crippen LogP contribution in [0.1, 0.15) is 11.1 Å². The van der Waals surface area contributed by atoms with E-state index in [9.17, 15) is 4.39 Å². The first-order valence-electron chi connectivity index (χ1n) is 5.94. The molecule has 0 radical (unpaired) electrons. The zero-order valence-corrected chi connectivity index (χ0v) is 11.5. The molecule has 0 amide bonds. The molecule has 0 aliphatic carbocycles. The van der Waals surface area contributed by atoms with Crippen molar-refractivity contribution >= 4 is 11.6 Å². The number of nitriles is 1. The lowest BCUT2D eigenvalue weighted by molar-refractivity contribution is 0.475. The van der Waals surface area contributed by atoms with Gasteiger partial charge in [0.05, 0.1) is 10.6 Å². The summed E-state index contributed by atoms with van der Waals surface area (Å²) in [7, 11) is 1.83. The zero-order valence-electron chi connectivity index (χ0n) is 10.8. The SMILES string of the molecule is CNCc1ccc(Oc2ccc(Cl)c(F)c2)c(C#N)c1. The minimum atomic E-state index is -0.561. The number of hydrogen-bond donors (Lipinski definition) is 1. The fourth-order valence-corrected chi connectivity index (χ4v) is 1.85. The smallest absolute Gasteiger partial charge is 0.145 e. The predicted molar refractivity (Wildman–Crippen MR) is 75.4 cm³/mol. The van der Waals surface area contributed by atoms with Gasteiger partial charge in [-0.2, -0.15) is 5.26 Å². The van der Waals surface area contributed by atoms with Gasteiger partial charge in [-0.15, -0.1) is 0 Å². The van der Waals surface area contributed by atoms with E-state index in [1.54, 1.807) is 18.2 Å². The molecular weight excluding hydrogens is 279 g/mol. The van der Waals surface area contributed by atoms with Crippen LogP contribution in [0.25, 0.3) is 0 Å². The highest BCUT2D eigenvalue weighted by atomic mass is 35.5. The summed E-state index contributed by atoms with van der Waals surface area (Å²) in [5.41, 5.74) is 1.37. The molecule has 0 aliphatic rings. The van der Waals surface area contributed by atoms with Crippen LogP contribution in [0.4, 0.5) is 4.39 Å². The lowest BCUT2D eigenvalue weighted by Crippen LogP contribution is -2.05. The first kappa shape index (κ1) is 14.3.